The predicted octanol–water partition coefficient (Wildman–Crippen LogP) is 4.12. The molecule has 0 radical (unpaired) electrons. The fourth-order valence-corrected chi connectivity index (χ4v) is 4.89. The Morgan fingerprint density at radius 1 is 1.33 bits per heavy atom. The number of nitriles is 1. The van der Waals surface area contributed by atoms with Crippen molar-refractivity contribution < 1.29 is 4.79 Å². The number of nitrogens with one attached hydrogen (secondary N) is 2. The number of carbonyl (C=O) groups excluding carboxylic acids is 1. The first-order valence-corrected chi connectivity index (χ1v) is 11.4. The van der Waals surface area contributed by atoms with Gasteiger partial charge in [-0.1, -0.05) is 13.8 Å². The highest BCUT2D eigenvalue weighted by molar-refractivity contribution is 5.97. The number of aryl methyl sites for hydroxylation is 1. The number of aromatic amines is 1. The molecule has 1 atom stereocenters. The topological polar surface area (TPSA) is 107 Å². The molecule has 1 amide bonds. The Balaban J connectivity index is 1.46. The number of benzene rings is 1. The fraction of sp³-hybridized carbons (Fsp3) is 0.440. The first-order valence-electron chi connectivity index (χ1n) is 11.4. The Morgan fingerprint density at radius 2 is 2.09 bits per heavy atom. The van der Waals surface area contributed by atoms with Crippen LogP contribution >= 0.6 is 0 Å². The number of carbonyl (C=O) groups is 1. The van der Waals surface area contributed by atoms with Crippen LogP contribution in [-0.4, -0.2) is 38.7 Å². The van der Waals surface area contributed by atoms with Gasteiger partial charge in [0.15, 0.2) is 5.82 Å². The molecule has 1 unspecified atom stereocenters. The highest BCUT2D eigenvalue weighted by Gasteiger charge is 2.38. The first kappa shape index (κ1) is 21.3. The van der Waals surface area contributed by atoms with Crippen LogP contribution < -0.4 is 10.9 Å². The monoisotopic (exact) mass is 444 g/mol. The summed E-state index contributed by atoms with van der Waals surface area (Å²) >= 11 is 0. The number of likely N-dealkylation sites (tertiary alicyclic amines) is 1. The van der Waals surface area contributed by atoms with Crippen molar-refractivity contribution in [1.29, 1.82) is 5.26 Å². The van der Waals surface area contributed by atoms with Crippen molar-refractivity contribution in [1.82, 2.24) is 19.7 Å². The van der Waals surface area contributed by atoms with Crippen molar-refractivity contribution in [2.45, 2.75) is 46.1 Å². The summed E-state index contributed by atoms with van der Waals surface area (Å²) in [5.41, 5.74) is 2.99. The number of hydrogen-bond donors (Lipinski definition) is 2. The van der Waals surface area contributed by atoms with Crippen LogP contribution in [0.5, 0.6) is 0 Å². The van der Waals surface area contributed by atoms with Gasteiger partial charge in [-0.05, 0) is 60.9 Å². The van der Waals surface area contributed by atoms with Crippen molar-refractivity contribution in [3.05, 3.63) is 51.9 Å². The van der Waals surface area contributed by atoms with Crippen molar-refractivity contribution in [2.75, 3.05) is 18.4 Å². The Hall–Kier alpha value is -3.60. The van der Waals surface area contributed by atoms with Crippen molar-refractivity contribution in [2.24, 2.45) is 11.3 Å². The molecule has 8 heteroatoms. The molecule has 5 rings (SSSR count). The second kappa shape index (κ2) is 7.77. The van der Waals surface area contributed by atoms with Gasteiger partial charge in [0.2, 0.25) is 0 Å². The van der Waals surface area contributed by atoms with Crippen molar-refractivity contribution >= 4 is 28.3 Å². The van der Waals surface area contributed by atoms with Crippen LogP contribution in [-0.2, 0) is 0 Å². The molecule has 1 aliphatic heterocycles. The van der Waals surface area contributed by atoms with Gasteiger partial charge in [-0.15, -0.1) is 0 Å². The molecule has 0 bridgehead atoms. The lowest BCUT2D eigenvalue weighted by Gasteiger charge is -2.46. The van der Waals surface area contributed by atoms with Crippen LogP contribution in [0.3, 0.4) is 0 Å². The fourth-order valence-electron chi connectivity index (χ4n) is 4.89. The van der Waals surface area contributed by atoms with Gasteiger partial charge in [0.05, 0.1) is 24.0 Å². The van der Waals surface area contributed by atoms with E-state index in [1.807, 2.05) is 40.8 Å². The van der Waals surface area contributed by atoms with Gasteiger partial charge < -0.3 is 15.2 Å². The van der Waals surface area contributed by atoms with E-state index in [0.717, 1.165) is 42.7 Å². The first-order chi connectivity index (χ1) is 15.8. The highest BCUT2D eigenvalue weighted by atomic mass is 16.2. The Bertz CT molecular complexity index is 1330. The number of hydrogen-bond acceptors (Lipinski definition) is 5. The van der Waals surface area contributed by atoms with Crippen LogP contribution in [0.15, 0.2) is 35.3 Å². The zero-order chi connectivity index (χ0) is 23.3. The standard InChI is InChI=1S/C25H28N6O2/c1-15-12-17(6-7-18(15)24(33)30-13-25(2,3)14-30)28-22-21-20(9-11-27-23(21)32)31(29-22)19(8-10-26)16-4-5-16/h6-7,9,11-12,16,19H,4-5,8,13-14H2,1-3H3,(H,27,32)(H,28,29). The lowest BCUT2D eigenvalue weighted by Crippen LogP contribution is -2.55. The SMILES string of the molecule is Cc1cc(Nc2nn(C(CC#N)C3CC3)c3cc[nH]c(=O)c23)ccc1C(=O)N1CC(C)(C)C1. The molecule has 2 aromatic heterocycles. The molecule has 170 valence electrons. The molecule has 1 aromatic carbocycles. The van der Waals surface area contributed by atoms with Gasteiger partial charge >= 0.3 is 0 Å². The summed E-state index contributed by atoms with van der Waals surface area (Å²) in [6, 6.07) is 9.65. The quantitative estimate of drug-likeness (QED) is 0.595. The summed E-state index contributed by atoms with van der Waals surface area (Å²) in [5, 5.41) is 17.8. The molecule has 1 aliphatic carbocycles. The van der Waals surface area contributed by atoms with E-state index in [4.69, 9.17) is 5.10 Å². The predicted molar refractivity (Wildman–Crippen MR) is 126 cm³/mol. The van der Waals surface area contributed by atoms with Crippen LogP contribution in [0.25, 0.3) is 10.9 Å². The number of amides is 1. The summed E-state index contributed by atoms with van der Waals surface area (Å²) in [4.78, 5) is 30.1. The molecule has 1 saturated heterocycles. The molecule has 33 heavy (non-hydrogen) atoms. The van der Waals surface area contributed by atoms with Gasteiger partial charge in [0, 0.05) is 30.5 Å². The van der Waals surface area contributed by atoms with Crippen molar-refractivity contribution in [3.63, 3.8) is 0 Å². The summed E-state index contributed by atoms with van der Waals surface area (Å²) in [7, 11) is 0. The molecule has 8 nitrogen and oxygen atoms in total. The lowest BCUT2D eigenvalue weighted by atomic mass is 9.84. The molecule has 3 aromatic rings. The third-order valence-electron chi connectivity index (χ3n) is 6.66. The van der Waals surface area contributed by atoms with E-state index in [2.05, 4.69) is 30.2 Å². The van der Waals surface area contributed by atoms with E-state index in [-0.39, 0.29) is 22.9 Å². The second-order valence-electron chi connectivity index (χ2n) is 10.1. The molecular formula is C25H28N6O2. The largest absolute Gasteiger partial charge is 0.338 e. The summed E-state index contributed by atoms with van der Waals surface area (Å²) in [6.07, 6.45) is 4.12. The number of rotatable bonds is 6. The normalized spacial score (nSPS) is 17.9. The van der Waals surface area contributed by atoms with Gasteiger partial charge in [0.25, 0.3) is 11.5 Å². The molecule has 2 N–H and O–H groups in total. The molecule has 0 spiro atoms. The molecule has 2 fully saturated rings. The number of nitrogens with zero attached hydrogens (tertiary/aromatic N) is 4. The minimum atomic E-state index is -0.225. The average molecular weight is 445 g/mol. The van der Waals surface area contributed by atoms with Crippen LogP contribution in [0.2, 0.25) is 0 Å². The molecule has 1 saturated carbocycles. The number of anilines is 2. The van der Waals surface area contributed by atoms with Crippen LogP contribution in [0.4, 0.5) is 11.5 Å². The van der Waals surface area contributed by atoms with Gasteiger partial charge in [0.1, 0.15) is 5.39 Å². The number of pyridine rings is 1. The van der Waals surface area contributed by atoms with Crippen LogP contribution in [0, 0.1) is 29.6 Å². The third-order valence-corrected chi connectivity index (χ3v) is 6.66. The van der Waals surface area contributed by atoms with Gasteiger partial charge in [-0.2, -0.15) is 10.4 Å². The summed E-state index contributed by atoms with van der Waals surface area (Å²) < 4.78 is 1.84. The van der Waals surface area contributed by atoms with E-state index >= 15 is 0 Å². The summed E-state index contributed by atoms with van der Waals surface area (Å²) in [6.45, 7) is 7.77. The molecule has 2 aliphatic rings. The Kier molecular flexibility index (Phi) is 5.00. The number of fused-ring (bicyclic) bond motifs is 1. The van der Waals surface area contributed by atoms with Crippen molar-refractivity contribution in [3.8, 4) is 6.07 Å². The summed E-state index contributed by atoms with van der Waals surface area (Å²) in [5.74, 6) is 0.922. The minimum absolute atomic E-state index is 0.0441. The highest BCUT2D eigenvalue weighted by Crippen LogP contribution is 2.43. The van der Waals surface area contributed by atoms with E-state index in [1.54, 1.807) is 6.20 Å². The zero-order valence-corrected chi connectivity index (χ0v) is 19.2. The Morgan fingerprint density at radius 3 is 2.73 bits per heavy atom. The molecule has 3 heterocycles. The maximum atomic E-state index is 12.9. The van der Waals surface area contributed by atoms with Crippen LogP contribution in [0.1, 0.15) is 55.1 Å². The van der Waals surface area contributed by atoms with E-state index < -0.39 is 0 Å². The van der Waals surface area contributed by atoms with Gasteiger partial charge in [-0.25, -0.2) is 0 Å². The zero-order valence-electron chi connectivity index (χ0n) is 19.2. The minimum Gasteiger partial charge on any atom is -0.338 e. The van der Waals surface area contributed by atoms with E-state index in [1.165, 1.54) is 0 Å². The third kappa shape index (κ3) is 3.88. The number of H-pyrrole nitrogens is 1. The molecular weight excluding hydrogens is 416 g/mol. The maximum absolute atomic E-state index is 12.9. The van der Waals surface area contributed by atoms with E-state index in [9.17, 15) is 14.9 Å². The second-order valence-corrected chi connectivity index (χ2v) is 10.1. The maximum Gasteiger partial charge on any atom is 0.261 e. The van der Waals surface area contributed by atoms with E-state index in [0.29, 0.717) is 29.1 Å². The number of aromatic nitrogens is 3. The lowest BCUT2D eigenvalue weighted by molar-refractivity contribution is 0.0235. The van der Waals surface area contributed by atoms with Gasteiger partial charge in [-0.3, -0.25) is 14.3 Å². The smallest absolute Gasteiger partial charge is 0.261 e. The average Bonchev–Trinajstić information content (AvgIpc) is 3.52. The Labute approximate surface area is 192 Å².